The lowest BCUT2D eigenvalue weighted by molar-refractivity contribution is -0.268. The Morgan fingerprint density at radius 1 is 0.821 bits per heavy atom. The Balaban J connectivity index is 1.40. The molecular weight excluding hydrogens is 506 g/mol. The maximum atomic E-state index is 9.51. The number of methoxy groups -OCH3 is 1. The summed E-state index contributed by atoms with van der Waals surface area (Å²) in [5.41, 5.74) is 12.1. The molecule has 5 nitrogen and oxygen atoms in total. The van der Waals surface area contributed by atoms with Crippen LogP contribution in [0.15, 0.2) is 102 Å². The monoisotopic (exact) mass is 541 g/mol. The molecule has 3 N–H and O–H groups in total. The zero-order valence-corrected chi connectivity index (χ0v) is 23.1. The van der Waals surface area contributed by atoms with Crippen LogP contribution in [0.5, 0.6) is 5.75 Å². The van der Waals surface area contributed by atoms with Crippen LogP contribution in [0.25, 0.3) is 11.1 Å². The van der Waals surface area contributed by atoms with Gasteiger partial charge in [-0.25, -0.2) is 0 Å². The van der Waals surface area contributed by atoms with Gasteiger partial charge in [0.15, 0.2) is 6.29 Å². The largest absolute Gasteiger partial charge is 0.496 e. The molecule has 4 atom stereocenters. The Labute approximate surface area is 234 Å². The van der Waals surface area contributed by atoms with Gasteiger partial charge in [0.1, 0.15) is 5.75 Å². The van der Waals surface area contributed by atoms with E-state index < -0.39 is 6.29 Å². The van der Waals surface area contributed by atoms with Gasteiger partial charge in [0, 0.05) is 28.7 Å². The first-order chi connectivity index (χ1) is 19.1. The number of para-hydroxylation sites is 1. The van der Waals surface area contributed by atoms with Crippen molar-refractivity contribution in [1.29, 1.82) is 0 Å². The molecule has 4 aromatic carbocycles. The second-order valence-electron chi connectivity index (χ2n) is 9.81. The summed E-state index contributed by atoms with van der Waals surface area (Å²) in [6.07, 6.45) is -0.709. The number of aliphatic hydroxyl groups is 1. The van der Waals surface area contributed by atoms with Gasteiger partial charge < -0.3 is 25.1 Å². The summed E-state index contributed by atoms with van der Waals surface area (Å²) in [5.74, 6) is 1.74. The SMILES string of the molecule is COc1ccccc1SC[C@H]1O[C@@H](c2ccc(-c3cccc(CN)c3)cc2)O[C@@H](c2ccc(CO)cc2)[C@H]1C. The van der Waals surface area contributed by atoms with Crippen molar-refractivity contribution in [3.05, 3.63) is 119 Å². The van der Waals surface area contributed by atoms with E-state index >= 15 is 0 Å². The minimum Gasteiger partial charge on any atom is -0.496 e. The average molecular weight is 542 g/mol. The summed E-state index contributed by atoms with van der Waals surface area (Å²) in [4.78, 5) is 1.09. The highest BCUT2D eigenvalue weighted by Gasteiger charge is 2.38. The third-order valence-corrected chi connectivity index (χ3v) is 8.42. The highest BCUT2D eigenvalue weighted by Crippen LogP contribution is 2.44. The maximum Gasteiger partial charge on any atom is 0.184 e. The molecule has 0 radical (unpaired) electrons. The molecule has 1 saturated heterocycles. The topological polar surface area (TPSA) is 73.9 Å². The predicted octanol–water partition coefficient (Wildman–Crippen LogP) is 6.90. The Morgan fingerprint density at radius 2 is 1.56 bits per heavy atom. The lowest BCUT2D eigenvalue weighted by atomic mass is 9.91. The standard InChI is InChI=1S/C33H35NO4S/c1-22-30(21-39-31-9-4-3-8-29(31)36-2)37-33(38-32(22)26-12-10-23(20-35)11-13-26)27-16-14-25(15-17-27)28-7-5-6-24(18-28)19-34/h3-18,22,30,32-33,35H,19-21,34H2,1-2H3/t22-,30+,32+,33+/m0/s1. The first-order valence-corrected chi connectivity index (χ1v) is 14.2. The van der Waals surface area contributed by atoms with E-state index in [1.807, 2.05) is 54.6 Å². The Morgan fingerprint density at radius 3 is 2.28 bits per heavy atom. The number of aliphatic hydroxyl groups excluding tert-OH is 1. The highest BCUT2D eigenvalue weighted by molar-refractivity contribution is 7.99. The Bertz CT molecular complexity index is 1360. The fourth-order valence-corrected chi connectivity index (χ4v) is 6.12. The van der Waals surface area contributed by atoms with E-state index in [1.54, 1.807) is 18.9 Å². The normalized spacial score (nSPS) is 21.0. The van der Waals surface area contributed by atoms with E-state index in [0.717, 1.165) is 49.8 Å². The molecule has 1 heterocycles. The van der Waals surface area contributed by atoms with Gasteiger partial charge in [0.05, 0.1) is 25.9 Å². The zero-order chi connectivity index (χ0) is 27.2. The van der Waals surface area contributed by atoms with Crippen LogP contribution in [0.4, 0.5) is 0 Å². The fraction of sp³-hybridized carbons (Fsp3) is 0.273. The number of rotatable bonds is 9. The minimum absolute atomic E-state index is 0.0196. The van der Waals surface area contributed by atoms with Crippen molar-refractivity contribution >= 4 is 11.8 Å². The van der Waals surface area contributed by atoms with Gasteiger partial charge in [0.2, 0.25) is 0 Å². The van der Waals surface area contributed by atoms with E-state index in [-0.39, 0.29) is 24.7 Å². The molecule has 202 valence electrons. The lowest BCUT2D eigenvalue weighted by Gasteiger charge is -2.41. The smallest absolute Gasteiger partial charge is 0.184 e. The van der Waals surface area contributed by atoms with Crippen LogP contribution in [0, 0.1) is 5.92 Å². The summed E-state index contributed by atoms with van der Waals surface area (Å²) in [6.45, 7) is 2.72. The third kappa shape index (κ3) is 6.38. The molecule has 39 heavy (non-hydrogen) atoms. The molecule has 0 aromatic heterocycles. The molecule has 0 saturated carbocycles. The summed E-state index contributed by atoms with van der Waals surface area (Å²) < 4.78 is 18.8. The van der Waals surface area contributed by atoms with Crippen molar-refractivity contribution in [2.75, 3.05) is 12.9 Å². The number of ether oxygens (including phenoxy) is 3. The van der Waals surface area contributed by atoms with Crippen molar-refractivity contribution in [2.24, 2.45) is 11.7 Å². The number of benzene rings is 4. The van der Waals surface area contributed by atoms with Gasteiger partial charge in [-0.3, -0.25) is 0 Å². The summed E-state index contributed by atoms with van der Waals surface area (Å²) in [6, 6.07) is 32.8. The zero-order valence-electron chi connectivity index (χ0n) is 22.3. The van der Waals surface area contributed by atoms with Crippen LogP contribution < -0.4 is 10.5 Å². The highest BCUT2D eigenvalue weighted by atomic mass is 32.2. The average Bonchev–Trinajstić information content (AvgIpc) is 3.01. The second-order valence-corrected chi connectivity index (χ2v) is 10.9. The molecule has 1 aliphatic rings. The van der Waals surface area contributed by atoms with E-state index in [0.29, 0.717) is 6.54 Å². The van der Waals surface area contributed by atoms with Crippen LogP contribution in [0.1, 0.15) is 41.6 Å². The van der Waals surface area contributed by atoms with Crippen LogP contribution in [-0.2, 0) is 22.6 Å². The predicted molar refractivity (Wildman–Crippen MR) is 156 cm³/mol. The van der Waals surface area contributed by atoms with E-state index in [9.17, 15) is 5.11 Å². The number of hydrogen-bond donors (Lipinski definition) is 2. The van der Waals surface area contributed by atoms with E-state index in [1.165, 1.54) is 0 Å². The van der Waals surface area contributed by atoms with E-state index in [4.69, 9.17) is 19.9 Å². The molecule has 4 aromatic rings. The van der Waals surface area contributed by atoms with Gasteiger partial charge in [-0.2, -0.15) is 0 Å². The lowest BCUT2D eigenvalue weighted by Crippen LogP contribution is -2.38. The van der Waals surface area contributed by atoms with Crippen molar-refractivity contribution < 1.29 is 19.3 Å². The molecule has 6 heteroatoms. The molecule has 0 aliphatic carbocycles. The summed E-state index contributed by atoms with van der Waals surface area (Å²) >= 11 is 1.74. The molecule has 0 spiro atoms. The third-order valence-electron chi connectivity index (χ3n) is 7.27. The summed E-state index contributed by atoms with van der Waals surface area (Å²) in [5, 5.41) is 9.51. The van der Waals surface area contributed by atoms with Crippen molar-refractivity contribution in [1.82, 2.24) is 0 Å². The van der Waals surface area contributed by atoms with Crippen LogP contribution in [0.3, 0.4) is 0 Å². The molecule has 5 rings (SSSR count). The van der Waals surface area contributed by atoms with Gasteiger partial charge in [-0.05, 0) is 46.0 Å². The van der Waals surface area contributed by atoms with E-state index in [2.05, 4.69) is 49.4 Å². The molecule has 1 aliphatic heterocycles. The number of hydrogen-bond acceptors (Lipinski definition) is 6. The van der Waals surface area contributed by atoms with Gasteiger partial charge in [-0.1, -0.05) is 85.8 Å². The molecule has 1 fully saturated rings. The van der Waals surface area contributed by atoms with Gasteiger partial charge >= 0.3 is 0 Å². The van der Waals surface area contributed by atoms with Gasteiger partial charge in [-0.15, -0.1) is 11.8 Å². The van der Waals surface area contributed by atoms with Crippen molar-refractivity contribution in [3.8, 4) is 16.9 Å². The van der Waals surface area contributed by atoms with Crippen LogP contribution in [0.2, 0.25) is 0 Å². The number of nitrogens with two attached hydrogens (primary N) is 1. The molecule has 0 unspecified atom stereocenters. The molecular formula is C33H35NO4S. The van der Waals surface area contributed by atoms with Crippen LogP contribution in [-0.4, -0.2) is 24.1 Å². The quantitative estimate of drug-likeness (QED) is 0.225. The minimum atomic E-state index is -0.503. The molecule has 0 bridgehead atoms. The van der Waals surface area contributed by atoms with Crippen LogP contribution >= 0.6 is 11.8 Å². The second kappa shape index (κ2) is 12.8. The Hall–Kier alpha value is -3.13. The van der Waals surface area contributed by atoms with Gasteiger partial charge in [0.25, 0.3) is 0 Å². The first-order valence-electron chi connectivity index (χ1n) is 13.3. The van der Waals surface area contributed by atoms with Crippen molar-refractivity contribution in [3.63, 3.8) is 0 Å². The van der Waals surface area contributed by atoms with Crippen molar-refractivity contribution in [2.45, 2.75) is 43.5 Å². The first kappa shape index (κ1) is 27.4. The maximum absolute atomic E-state index is 9.51. The molecule has 0 amide bonds. The number of thioether (sulfide) groups is 1. The summed E-state index contributed by atoms with van der Waals surface area (Å²) in [7, 11) is 1.70. The Kier molecular flexibility index (Phi) is 9.02. The fourth-order valence-electron chi connectivity index (χ4n) is 4.93.